The quantitative estimate of drug-likeness (QED) is 0.164. The number of hydrogen-bond acceptors (Lipinski definition) is 6. The van der Waals surface area contributed by atoms with Gasteiger partial charge in [0, 0.05) is 46.3 Å². The summed E-state index contributed by atoms with van der Waals surface area (Å²) >= 11 is 0. The Morgan fingerprint density at radius 1 is 0.726 bits per heavy atom. The molecule has 7 nitrogen and oxygen atoms in total. The normalized spacial score (nSPS) is 18.7. The minimum Gasteiger partial charge on any atom is -0.497 e. The number of ether oxygens (including phenoxy) is 4. The second-order valence-electron chi connectivity index (χ2n) is 19.4. The second kappa shape index (κ2) is 14.8. The Balaban J connectivity index is 1.29. The summed E-state index contributed by atoms with van der Waals surface area (Å²) in [5, 5.41) is 12.5. The number of rotatable bonds is 8. The van der Waals surface area contributed by atoms with Crippen LogP contribution in [0.5, 0.6) is 17.2 Å². The minimum atomic E-state index is -1.02. The summed E-state index contributed by atoms with van der Waals surface area (Å²) in [4.78, 5) is 15.2. The van der Waals surface area contributed by atoms with Crippen LogP contribution in [0.1, 0.15) is 80.3 Å². The van der Waals surface area contributed by atoms with Crippen LogP contribution in [-0.2, 0) is 27.0 Å². The zero-order chi connectivity index (χ0) is 43.0. The highest BCUT2D eigenvalue weighted by atomic mass is 16.5. The van der Waals surface area contributed by atoms with E-state index in [4.69, 9.17) is 18.9 Å². The average Bonchev–Trinajstić information content (AvgIpc) is 3.53. The van der Waals surface area contributed by atoms with Crippen molar-refractivity contribution in [1.29, 1.82) is 0 Å². The van der Waals surface area contributed by atoms with Crippen molar-refractivity contribution in [3.63, 3.8) is 0 Å². The van der Waals surface area contributed by atoms with E-state index < -0.39 is 11.6 Å². The summed E-state index contributed by atoms with van der Waals surface area (Å²) in [5.74, 6) is 1.46. The summed E-state index contributed by atoms with van der Waals surface area (Å²) in [6.45, 7) is 12.8. The molecule has 4 aliphatic rings. The first-order valence-corrected chi connectivity index (χ1v) is 21.9. The molecule has 0 aromatic heterocycles. The van der Waals surface area contributed by atoms with Gasteiger partial charge in [-0.05, 0) is 129 Å². The molecule has 2 aliphatic heterocycles. The van der Waals surface area contributed by atoms with Gasteiger partial charge in [-0.1, -0.05) is 94.4 Å². The fourth-order valence-corrected chi connectivity index (χ4v) is 12.2. The van der Waals surface area contributed by atoms with Crippen LogP contribution in [0.2, 0.25) is 0 Å². The number of aliphatic carboxylic acids is 1. The molecule has 62 heavy (non-hydrogen) atoms. The van der Waals surface area contributed by atoms with E-state index in [1.165, 1.54) is 22.3 Å². The van der Waals surface area contributed by atoms with Gasteiger partial charge in [-0.15, -0.1) is 0 Å². The highest BCUT2D eigenvalue weighted by Crippen LogP contribution is 2.67. The van der Waals surface area contributed by atoms with Crippen molar-refractivity contribution >= 4 is 28.5 Å². The van der Waals surface area contributed by atoms with Gasteiger partial charge in [-0.25, -0.2) is 0 Å². The molecule has 1 N–H and O–H groups in total. The molecule has 316 valence electrons. The third kappa shape index (κ3) is 6.55. The van der Waals surface area contributed by atoms with Crippen LogP contribution in [0.4, 0.5) is 5.69 Å². The van der Waals surface area contributed by atoms with E-state index in [1.807, 2.05) is 24.3 Å². The van der Waals surface area contributed by atoms with E-state index >= 15 is 0 Å². The van der Waals surface area contributed by atoms with Crippen LogP contribution in [0.3, 0.4) is 0 Å². The Morgan fingerprint density at radius 2 is 1.34 bits per heavy atom. The first-order valence-electron chi connectivity index (χ1n) is 21.9. The average molecular weight is 826 g/mol. The maximum atomic E-state index is 12.8. The van der Waals surface area contributed by atoms with Gasteiger partial charge in [0.25, 0.3) is 0 Å². The van der Waals surface area contributed by atoms with Crippen molar-refractivity contribution in [2.45, 2.75) is 64.4 Å². The van der Waals surface area contributed by atoms with Gasteiger partial charge in [0.2, 0.25) is 0 Å². The van der Waals surface area contributed by atoms with Gasteiger partial charge in [-0.2, -0.15) is 0 Å². The largest absolute Gasteiger partial charge is 0.497 e. The van der Waals surface area contributed by atoms with E-state index in [-0.39, 0.29) is 22.7 Å². The number of morpholine rings is 1. The highest BCUT2D eigenvalue weighted by Gasteiger charge is 2.55. The summed E-state index contributed by atoms with van der Waals surface area (Å²) in [6.07, 6.45) is 7.54. The van der Waals surface area contributed by atoms with E-state index in [0.29, 0.717) is 13.2 Å². The minimum absolute atomic E-state index is 0.0548. The van der Waals surface area contributed by atoms with Crippen LogP contribution < -0.4 is 19.1 Å². The number of hydrogen-bond donors (Lipinski definition) is 1. The van der Waals surface area contributed by atoms with Crippen LogP contribution in [-0.4, -0.2) is 51.6 Å². The summed E-state index contributed by atoms with van der Waals surface area (Å²) < 4.78 is 24.7. The molecular formula is C55H55NO6. The van der Waals surface area contributed by atoms with E-state index in [1.54, 1.807) is 14.2 Å². The van der Waals surface area contributed by atoms with Gasteiger partial charge in [-0.3, -0.25) is 4.79 Å². The van der Waals surface area contributed by atoms with E-state index in [9.17, 15) is 9.90 Å². The predicted molar refractivity (Wildman–Crippen MR) is 248 cm³/mol. The van der Waals surface area contributed by atoms with Crippen molar-refractivity contribution in [1.82, 2.24) is 0 Å². The highest BCUT2D eigenvalue weighted by molar-refractivity contribution is 6.10. The number of carboxylic acids is 1. The standard InChI is InChI=1S/C55H55NO6/c1-52(2)32-53(3,4)34-54(33-52)47-10-8-7-9-42(47)49-45-29-36(30-48(57)58)44(35-11-17-39(18-12-35)56-25-27-61-28-26-56)31-46(45)51-43(50(49)54)23-24-55(62-51,37-13-19-40(59-5)20-14-37)38-15-21-41(60-6)22-16-38/h7-24,29,31H,25-28,30,32-34H2,1-6H3,(H,57,58). The first-order chi connectivity index (χ1) is 29.8. The smallest absolute Gasteiger partial charge is 0.307 e. The zero-order valence-electron chi connectivity index (χ0n) is 36.6. The van der Waals surface area contributed by atoms with Crippen molar-refractivity contribution in [2.75, 3.05) is 45.4 Å². The monoisotopic (exact) mass is 825 g/mol. The molecule has 1 saturated carbocycles. The summed E-state index contributed by atoms with van der Waals surface area (Å²) in [5.41, 5.74) is 10.6. The van der Waals surface area contributed by atoms with Crippen molar-refractivity contribution < 1.29 is 28.8 Å². The molecule has 6 aromatic rings. The Bertz CT molecular complexity index is 2680. The molecule has 0 amide bonds. The third-order valence-corrected chi connectivity index (χ3v) is 13.9. The molecule has 1 saturated heterocycles. The molecule has 2 aliphatic carbocycles. The van der Waals surface area contributed by atoms with Crippen molar-refractivity contribution in [2.24, 2.45) is 10.8 Å². The lowest BCUT2D eigenvalue weighted by Gasteiger charge is -2.52. The van der Waals surface area contributed by atoms with Crippen LogP contribution in [0.15, 0.2) is 115 Å². The van der Waals surface area contributed by atoms with Gasteiger partial charge in [0.1, 0.15) is 17.2 Å². The number of carboxylic acid groups (broad SMARTS) is 1. The molecule has 0 atom stereocenters. The molecule has 2 heterocycles. The maximum absolute atomic E-state index is 12.8. The lowest BCUT2D eigenvalue weighted by molar-refractivity contribution is -0.136. The topological polar surface area (TPSA) is 77.5 Å². The molecular weight excluding hydrogens is 771 g/mol. The molecule has 2 fully saturated rings. The molecule has 7 heteroatoms. The molecule has 6 aromatic carbocycles. The number of nitrogens with zero attached hydrogens (tertiary/aromatic N) is 1. The molecule has 10 rings (SSSR count). The van der Waals surface area contributed by atoms with Crippen LogP contribution >= 0.6 is 0 Å². The van der Waals surface area contributed by atoms with Crippen LogP contribution in [0, 0.1) is 10.8 Å². The van der Waals surface area contributed by atoms with Crippen molar-refractivity contribution in [3.05, 3.63) is 149 Å². The number of methoxy groups -OCH3 is 2. The fraction of sp³-hybridized carbons (Fsp3) is 0.327. The van der Waals surface area contributed by atoms with Gasteiger partial charge >= 0.3 is 5.97 Å². The zero-order valence-corrected chi connectivity index (χ0v) is 36.6. The number of benzene rings is 6. The van der Waals surface area contributed by atoms with E-state index in [0.717, 1.165) is 99.4 Å². The summed E-state index contributed by atoms with van der Waals surface area (Å²) in [7, 11) is 3.37. The Hall–Kier alpha value is -6.05. The molecule has 0 unspecified atom stereocenters. The van der Waals surface area contributed by atoms with Gasteiger partial charge in [0.05, 0.1) is 33.9 Å². The number of fused-ring (bicyclic) bond motifs is 10. The third-order valence-electron chi connectivity index (χ3n) is 13.9. The molecule has 0 bridgehead atoms. The lowest BCUT2D eigenvalue weighted by Crippen LogP contribution is -2.44. The molecule has 1 spiro atoms. The maximum Gasteiger partial charge on any atom is 0.307 e. The SMILES string of the molecule is COc1ccc(C2(c3ccc(OC)cc3)C=Cc3c4c(c5cc(CC(=O)O)c(-c6ccc(N7CCOCC7)cc6)cc5c3O2)-c2ccccc2C42CC(C)(C)CC(C)(C)C2)cc1. The summed E-state index contributed by atoms with van der Waals surface area (Å²) in [6, 6.07) is 38.2. The van der Waals surface area contributed by atoms with Gasteiger partial charge < -0.3 is 29.0 Å². The lowest BCUT2D eigenvalue weighted by atomic mass is 9.52. The second-order valence-corrected chi connectivity index (χ2v) is 19.4. The van der Waals surface area contributed by atoms with Gasteiger partial charge in [0.15, 0.2) is 5.60 Å². The fourth-order valence-electron chi connectivity index (χ4n) is 12.2. The van der Waals surface area contributed by atoms with Crippen molar-refractivity contribution in [3.8, 4) is 39.5 Å². The first kappa shape index (κ1) is 40.0. The Kier molecular flexibility index (Phi) is 9.56. The van der Waals surface area contributed by atoms with E-state index in [2.05, 4.69) is 130 Å². The van der Waals surface area contributed by atoms with Crippen LogP contribution in [0.25, 0.3) is 39.1 Å². The number of anilines is 1. The molecule has 0 radical (unpaired) electrons. The Morgan fingerprint density at radius 3 is 1.94 bits per heavy atom. The number of carbonyl (C=O) groups is 1. The Labute approximate surface area is 364 Å². The predicted octanol–water partition coefficient (Wildman–Crippen LogP) is 11.8.